The van der Waals surface area contributed by atoms with Crippen molar-refractivity contribution in [3.63, 3.8) is 0 Å². The van der Waals surface area contributed by atoms with E-state index in [0.29, 0.717) is 18.0 Å². The van der Waals surface area contributed by atoms with Crippen molar-refractivity contribution >= 4 is 11.6 Å². The molecule has 0 aliphatic carbocycles. The highest BCUT2D eigenvalue weighted by Gasteiger charge is 2.15. The summed E-state index contributed by atoms with van der Waals surface area (Å²) in [5, 5.41) is 2.94. The van der Waals surface area contributed by atoms with Gasteiger partial charge in [0.15, 0.2) is 0 Å². The summed E-state index contributed by atoms with van der Waals surface area (Å²) in [6.45, 7) is 10.6. The van der Waals surface area contributed by atoms with E-state index in [4.69, 9.17) is 4.74 Å². The number of nitrogens with zero attached hydrogens (tertiary/aromatic N) is 1. The summed E-state index contributed by atoms with van der Waals surface area (Å²) in [4.78, 5) is 14.5. The second kappa shape index (κ2) is 8.86. The van der Waals surface area contributed by atoms with Crippen molar-refractivity contribution in [3.05, 3.63) is 59.7 Å². The molecule has 0 atom stereocenters. The first-order valence-corrected chi connectivity index (χ1v) is 9.08. The van der Waals surface area contributed by atoms with E-state index in [1.165, 1.54) is 11.1 Å². The van der Waals surface area contributed by atoms with Crippen LogP contribution in [0.5, 0.6) is 5.75 Å². The van der Waals surface area contributed by atoms with E-state index >= 15 is 0 Å². The minimum atomic E-state index is -0.0392. The third kappa shape index (κ3) is 5.60. The van der Waals surface area contributed by atoms with Gasteiger partial charge in [-0.2, -0.15) is 0 Å². The first-order chi connectivity index (χ1) is 12.3. The minimum Gasteiger partial charge on any atom is -0.495 e. The van der Waals surface area contributed by atoms with E-state index in [1.54, 1.807) is 7.11 Å². The van der Waals surface area contributed by atoms with Gasteiger partial charge in [-0.25, -0.2) is 0 Å². The lowest BCUT2D eigenvalue weighted by molar-refractivity contribution is -0.117. The smallest absolute Gasteiger partial charge is 0.238 e. The number of para-hydroxylation sites is 2. The number of hydrogen-bond donors (Lipinski definition) is 1. The largest absolute Gasteiger partial charge is 0.495 e. The van der Waals surface area contributed by atoms with Crippen LogP contribution in [0.3, 0.4) is 0 Å². The van der Waals surface area contributed by atoms with E-state index in [9.17, 15) is 4.79 Å². The van der Waals surface area contributed by atoms with Crippen molar-refractivity contribution in [3.8, 4) is 5.75 Å². The molecule has 0 bridgehead atoms. The average molecular weight is 354 g/mol. The molecule has 2 aromatic carbocycles. The molecule has 0 spiro atoms. The molecule has 2 aromatic rings. The molecule has 26 heavy (non-hydrogen) atoms. The molecule has 1 amide bonds. The minimum absolute atomic E-state index is 0.0392. The van der Waals surface area contributed by atoms with E-state index in [-0.39, 0.29) is 11.3 Å². The predicted molar refractivity (Wildman–Crippen MR) is 108 cm³/mol. The van der Waals surface area contributed by atoms with Gasteiger partial charge in [-0.1, -0.05) is 64.1 Å². The fourth-order valence-corrected chi connectivity index (χ4v) is 2.79. The van der Waals surface area contributed by atoms with Crippen LogP contribution in [0.2, 0.25) is 0 Å². The fraction of sp³-hybridized carbons (Fsp3) is 0.409. The van der Waals surface area contributed by atoms with E-state index in [2.05, 4.69) is 62.2 Å². The monoisotopic (exact) mass is 354 g/mol. The number of carbonyl (C=O) groups excluding carboxylic acids is 1. The van der Waals surface area contributed by atoms with Crippen LogP contribution in [-0.2, 0) is 16.8 Å². The predicted octanol–water partition coefficient (Wildman–Crippen LogP) is 4.45. The molecule has 0 saturated carbocycles. The second-order valence-electron chi connectivity index (χ2n) is 7.50. The topological polar surface area (TPSA) is 41.6 Å². The number of rotatable bonds is 7. The molecular weight excluding hydrogens is 324 g/mol. The van der Waals surface area contributed by atoms with Crippen molar-refractivity contribution in [1.29, 1.82) is 0 Å². The van der Waals surface area contributed by atoms with Gasteiger partial charge >= 0.3 is 0 Å². The Kier molecular flexibility index (Phi) is 6.81. The van der Waals surface area contributed by atoms with Crippen LogP contribution in [0.4, 0.5) is 5.69 Å². The third-order valence-electron chi connectivity index (χ3n) is 4.42. The zero-order valence-corrected chi connectivity index (χ0v) is 16.5. The number of carbonyl (C=O) groups is 1. The highest BCUT2D eigenvalue weighted by Crippen LogP contribution is 2.24. The van der Waals surface area contributed by atoms with Crippen LogP contribution in [0, 0.1) is 0 Å². The molecule has 0 aliphatic heterocycles. The summed E-state index contributed by atoms with van der Waals surface area (Å²) in [5.74, 6) is 0.629. The number of amides is 1. The Balaban J connectivity index is 1.97. The van der Waals surface area contributed by atoms with Crippen molar-refractivity contribution in [2.24, 2.45) is 0 Å². The molecule has 0 heterocycles. The summed E-state index contributed by atoms with van der Waals surface area (Å²) < 4.78 is 5.28. The van der Waals surface area contributed by atoms with Gasteiger partial charge in [0.25, 0.3) is 0 Å². The summed E-state index contributed by atoms with van der Waals surface area (Å²) in [5.41, 5.74) is 3.38. The quantitative estimate of drug-likeness (QED) is 0.798. The molecular formula is C22H30N2O2. The second-order valence-corrected chi connectivity index (χ2v) is 7.50. The van der Waals surface area contributed by atoms with Gasteiger partial charge in [-0.05, 0) is 35.2 Å². The summed E-state index contributed by atoms with van der Waals surface area (Å²) in [6, 6.07) is 16.1. The van der Waals surface area contributed by atoms with Gasteiger partial charge in [0.1, 0.15) is 5.75 Å². The molecule has 2 rings (SSSR count). The maximum atomic E-state index is 12.4. The normalized spacial score (nSPS) is 11.5. The van der Waals surface area contributed by atoms with Gasteiger partial charge in [-0.3, -0.25) is 9.69 Å². The van der Waals surface area contributed by atoms with Gasteiger partial charge in [0.05, 0.1) is 19.3 Å². The molecule has 0 aliphatic rings. The number of ether oxygens (including phenoxy) is 1. The number of anilines is 1. The fourth-order valence-electron chi connectivity index (χ4n) is 2.79. The van der Waals surface area contributed by atoms with Crippen LogP contribution >= 0.6 is 0 Å². The lowest BCUT2D eigenvalue weighted by Crippen LogP contribution is -2.32. The average Bonchev–Trinajstić information content (AvgIpc) is 2.61. The molecule has 1 N–H and O–H groups in total. The van der Waals surface area contributed by atoms with Crippen molar-refractivity contribution in [1.82, 2.24) is 4.90 Å². The standard InChI is InChI=1S/C22H30N2O2/c1-6-24(15-17-11-13-18(14-12-17)22(2,3)4)16-21(25)23-19-9-7-8-10-20(19)26-5/h7-14H,6,15-16H2,1-5H3,(H,23,25). The Hall–Kier alpha value is -2.33. The van der Waals surface area contributed by atoms with Gasteiger partial charge in [-0.15, -0.1) is 0 Å². The van der Waals surface area contributed by atoms with Crippen LogP contribution in [0.25, 0.3) is 0 Å². The molecule has 0 saturated heterocycles. The number of likely N-dealkylation sites (N-methyl/N-ethyl adjacent to an activating group) is 1. The van der Waals surface area contributed by atoms with Crippen molar-refractivity contribution < 1.29 is 9.53 Å². The lowest BCUT2D eigenvalue weighted by atomic mass is 9.87. The maximum Gasteiger partial charge on any atom is 0.238 e. The molecule has 0 radical (unpaired) electrons. The molecule has 0 fully saturated rings. The molecule has 0 unspecified atom stereocenters. The van der Waals surface area contributed by atoms with E-state index < -0.39 is 0 Å². The Bertz CT molecular complexity index is 718. The summed E-state index contributed by atoms with van der Waals surface area (Å²) in [6.07, 6.45) is 0. The molecule has 4 heteroatoms. The molecule has 4 nitrogen and oxygen atoms in total. The van der Waals surface area contributed by atoms with Crippen molar-refractivity contribution in [2.45, 2.75) is 39.7 Å². The first kappa shape index (κ1) is 20.0. The molecule has 140 valence electrons. The Morgan fingerprint density at radius 2 is 1.73 bits per heavy atom. The van der Waals surface area contributed by atoms with Crippen LogP contribution in [-0.4, -0.2) is 31.0 Å². The summed E-state index contributed by atoms with van der Waals surface area (Å²) >= 11 is 0. The zero-order valence-electron chi connectivity index (χ0n) is 16.5. The SMILES string of the molecule is CCN(CC(=O)Nc1ccccc1OC)Cc1ccc(C(C)(C)C)cc1. The Labute approximate surface area is 157 Å². The summed E-state index contributed by atoms with van der Waals surface area (Å²) in [7, 11) is 1.60. The Morgan fingerprint density at radius 1 is 1.08 bits per heavy atom. The van der Waals surface area contributed by atoms with Crippen LogP contribution in [0.15, 0.2) is 48.5 Å². The number of methoxy groups -OCH3 is 1. The van der Waals surface area contributed by atoms with Gasteiger partial charge in [0, 0.05) is 6.54 Å². The number of benzene rings is 2. The van der Waals surface area contributed by atoms with Crippen LogP contribution < -0.4 is 10.1 Å². The van der Waals surface area contributed by atoms with Gasteiger partial charge < -0.3 is 10.1 Å². The lowest BCUT2D eigenvalue weighted by Gasteiger charge is -2.22. The first-order valence-electron chi connectivity index (χ1n) is 9.08. The van der Waals surface area contributed by atoms with Crippen LogP contribution in [0.1, 0.15) is 38.8 Å². The zero-order chi connectivity index (χ0) is 19.2. The number of hydrogen-bond acceptors (Lipinski definition) is 3. The van der Waals surface area contributed by atoms with E-state index in [0.717, 1.165) is 13.1 Å². The maximum absolute atomic E-state index is 12.4. The Morgan fingerprint density at radius 3 is 2.31 bits per heavy atom. The number of nitrogens with one attached hydrogen (secondary N) is 1. The third-order valence-corrected chi connectivity index (χ3v) is 4.42. The highest BCUT2D eigenvalue weighted by atomic mass is 16.5. The van der Waals surface area contributed by atoms with E-state index in [1.807, 2.05) is 24.3 Å². The van der Waals surface area contributed by atoms with Gasteiger partial charge in [0.2, 0.25) is 5.91 Å². The van der Waals surface area contributed by atoms with Crippen molar-refractivity contribution in [2.75, 3.05) is 25.5 Å². The molecule has 0 aromatic heterocycles. The highest BCUT2D eigenvalue weighted by molar-refractivity contribution is 5.93.